The molecule has 0 aliphatic heterocycles. The fourth-order valence-electron chi connectivity index (χ4n) is 2.28. The van der Waals surface area contributed by atoms with Crippen molar-refractivity contribution >= 4 is 15.9 Å². The topological polar surface area (TPSA) is 24.9 Å². The van der Waals surface area contributed by atoms with Crippen molar-refractivity contribution in [2.75, 3.05) is 6.54 Å². The molecular formula is C17H21BrN2. The van der Waals surface area contributed by atoms with Gasteiger partial charge in [0.2, 0.25) is 0 Å². The van der Waals surface area contributed by atoms with Crippen molar-refractivity contribution in [2.45, 2.75) is 32.2 Å². The smallest absolute Gasteiger partial charge is 0.0419 e. The van der Waals surface area contributed by atoms with Gasteiger partial charge in [-0.15, -0.1) is 0 Å². The molecule has 0 amide bonds. The fourth-order valence-corrected chi connectivity index (χ4v) is 2.73. The summed E-state index contributed by atoms with van der Waals surface area (Å²) in [6.45, 7) is 3.25. The van der Waals surface area contributed by atoms with E-state index in [1.807, 2.05) is 12.3 Å². The Labute approximate surface area is 129 Å². The molecule has 1 unspecified atom stereocenters. The lowest BCUT2D eigenvalue weighted by Gasteiger charge is -2.18. The highest BCUT2D eigenvalue weighted by Crippen LogP contribution is 2.14. The third kappa shape index (κ3) is 5.06. The molecule has 1 heterocycles. The normalized spacial score (nSPS) is 12.3. The Morgan fingerprint density at radius 1 is 1.15 bits per heavy atom. The van der Waals surface area contributed by atoms with Crippen molar-refractivity contribution in [1.82, 2.24) is 10.3 Å². The van der Waals surface area contributed by atoms with E-state index >= 15 is 0 Å². The minimum absolute atomic E-state index is 0.430. The maximum absolute atomic E-state index is 4.44. The molecule has 1 N–H and O–H groups in total. The molecule has 0 saturated carbocycles. The van der Waals surface area contributed by atoms with E-state index < -0.39 is 0 Å². The summed E-state index contributed by atoms with van der Waals surface area (Å²) in [5, 5.41) is 3.63. The average molecular weight is 333 g/mol. The minimum Gasteiger partial charge on any atom is -0.313 e. The Bertz CT molecular complexity index is 513. The van der Waals surface area contributed by atoms with E-state index in [1.165, 1.54) is 5.56 Å². The van der Waals surface area contributed by atoms with Gasteiger partial charge in [-0.25, -0.2) is 0 Å². The first-order valence-electron chi connectivity index (χ1n) is 7.15. The van der Waals surface area contributed by atoms with Crippen LogP contribution in [-0.2, 0) is 12.8 Å². The first kappa shape index (κ1) is 15.2. The van der Waals surface area contributed by atoms with Gasteiger partial charge in [0.15, 0.2) is 0 Å². The zero-order valence-corrected chi connectivity index (χ0v) is 13.4. The molecule has 1 aromatic heterocycles. The van der Waals surface area contributed by atoms with Crippen LogP contribution in [0.1, 0.15) is 24.6 Å². The van der Waals surface area contributed by atoms with Crippen LogP contribution in [0.15, 0.2) is 53.1 Å². The predicted molar refractivity (Wildman–Crippen MR) is 87.9 cm³/mol. The monoisotopic (exact) mass is 332 g/mol. The van der Waals surface area contributed by atoms with Gasteiger partial charge in [0.25, 0.3) is 0 Å². The lowest BCUT2D eigenvalue weighted by Crippen LogP contribution is -2.34. The van der Waals surface area contributed by atoms with Crippen LogP contribution in [0.4, 0.5) is 0 Å². The molecule has 2 rings (SSSR count). The Morgan fingerprint density at radius 2 is 2.05 bits per heavy atom. The molecule has 106 valence electrons. The molecular weight excluding hydrogens is 312 g/mol. The Kier molecular flexibility index (Phi) is 6.22. The summed E-state index contributed by atoms with van der Waals surface area (Å²) in [7, 11) is 0. The minimum atomic E-state index is 0.430. The van der Waals surface area contributed by atoms with Gasteiger partial charge >= 0.3 is 0 Å². The number of nitrogens with zero attached hydrogens (tertiary/aromatic N) is 1. The van der Waals surface area contributed by atoms with Gasteiger partial charge in [0, 0.05) is 28.8 Å². The van der Waals surface area contributed by atoms with E-state index in [2.05, 4.69) is 69.6 Å². The first-order chi connectivity index (χ1) is 9.78. The Morgan fingerprint density at radius 3 is 2.75 bits per heavy atom. The maximum Gasteiger partial charge on any atom is 0.0419 e. The SMILES string of the molecule is CCCNC(Cc1cccc(Br)c1)Cc1ccccn1. The van der Waals surface area contributed by atoms with Gasteiger partial charge in [0.1, 0.15) is 0 Å². The van der Waals surface area contributed by atoms with E-state index in [9.17, 15) is 0 Å². The Hall–Kier alpha value is -1.19. The number of benzene rings is 1. The van der Waals surface area contributed by atoms with Crippen molar-refractivity contribution in [3.8, 4) is 0 Å². The van der Waals surface area contributed by atoms with Crippen molar-refractivity contribution in [3.63, 3.8) is 0 Å². The second kappa shape index (κ2) is 8.18. The van der Waals surface area contributed by atoms with Crippen molar-refractivity contribution in [2.24, 2.45) is 0 Å². The Balaban J connectivity index is 2.03. The summed E-state index contributed by atoms with van der Waals surface area (Å²) in [6, 6.07) is 15.1. The second-order valence-electron chi connectivity index (χ2n) is 5.01. The van der Waals surface area contributed by atoms with Crippen LogP contribution in [0.3, 0.4) is 0 Å². The molecule has 1 atom stereocenters. The summed E-state index contributed by atoms with van der Waals surface area (Å²) < 4.78 is 1.14. The highest BCUT2D eigenvalue weighted by Gasteiger charge is 2.10. The summed E-state index contributed by atoms with van der Waals surface area (Å²) in [6.07, 6.45) is 5.01. The standard InChI is InChI=1S/C17H21BrN2/c1-2-9-19-17(13-16-8-3-4-10-20-16)12-14-6-5-7-15(18)11-14/h3-8,10-11,17,19H,2,9,12-13H2,1H3. The predicted octanol–water partition coefficient (Wildman–Crippen LogP) is 4.00. The molecule has 1 aromatic carbocycles. The van der Waals surface area contributed by atoms with Gasteiger partial charge in [-0.05, 0) is 49.2 Å². The van der Waals surface area contributed by atoms with Crippen LogP contribution in [0.25, 0.3) is 0 Å². The number of halogens is 1. The summed E-state index contributed by atoms with van der Waals surface area (Å²) in [4.78, 5) is 4.44. The molecule has 0 fully saturated rings. The molecule has 0 spiro atoms. The summed E-state index contributed by atoms with van der Waals surface area (Å²) in [5.74, 6) is 0. The lowest BCUT2D eigenvalue weighted by atomic mass is 10.0. The molecule has 0 aliphatic rings. The summed E-state index contributed by atoms with van der Waals surface area (Å²) >= 11 is 3.54. The largest absolute Gasteiger partial charge is 0.313 e. The number of hydrogen-bond acceptors (Lipinski definition) is 2. The summed E-state index contributed by atoms with van der Waals surface area (Å²) in [5.41, 5.74) is 2.50. The van der Waals surface area contributed by atoms with E-state index in [0.717, 1.165) is 36.0 Å². The molecule has 0 bridgehead atoms. The van der Waals surface area contributed by atoms with Crippen LogP contribution in [0.2, 0.25) is 0 Å². The van der Waals surface area contributed by atoms with E-state index in [4.69, 9.17) is 0 Å². The lowest BCUT2D eigenvalue weighted by molar-refractivity contribution is 0.500. The fraction of sp³-hybridized carbons (Fsp3) is 0.353. The van der Waals surface area contributed by atoms with Gasteiger partial charge in [-0.3, -0.25) is 4.98 Å². The highest BCUT2D eigenvalue weighted by atomic mass is 79.9. The second-order valence-corrected chi connectivity index (χ2v) is 5.93. The molecule has 2 nitrogen and oxygen atoms in total. The molecule has 3 heteroatoms. The van der Waals surface area contributed by atoms with Crippen molar-refractivity contribution < 1.29 is 0 Å². The zero-order chi connectivity index (χ0) is 14.2. The van der Waals surface area contributed by atoms with Crippen LogP contribution in [0.5, 0.6) is 0 Å². The quantitative estimate of drug-likeness (QED) is 0.828. The van der Waals surface area contributed by atoms with Gasteiger partial charge in [-0.1, -0.05) is 41.1 Å². The number of aromatic nitrogens is 1. The molecule has 0 aliphatic carbocycles. The zero-order valence-electron chi connectivity index (χ0n) is 11.8. The van der Waals surface area contributed by atoms with Gasteiger partial charge in [0.05, 0.1) is 0 Å². The van der Waals surface area contributed by atoms with Crippen LogP contribution in [-0.4, -0.2) is 17.6 Å². The third-order valence-corrected chi connectivity index (χ3v) is 3.73. The van der Waals surface area contributed by atoms with Crippen LogP contribution >= 0.6 is 15.9 Å². The van der Waals surface area contributed by atoms with E-state index in [-0.39, 0.29) is 0 Å². The number of pyridine rings is 1. The molecule has 20 heavy (non-hydrogen) atoms. The third-order valence-electron chi connectivity index (χ3n) is 3.24. The van der Waals surface area contributed by atoms with Crippen molar-refractivity contribution in [3.05, 3.63) is 64.4 Å². The molecule has 0 radical (unpaired) electrons. The first-order valence-corrected chi connectivity index (χ1v) is 7.95. The van der Waals surface area contributed by atoms with Gasteiger partial charge in [-0.2, -0.15) is 0 Å². The van der Waals surface area contributed by atoms with Crippen molar-refractivity contribution in [1.29, 1.82) is 0 Å². The van der Waals surface area contributed by atoms with Gasteiger partial charge < -0.3 is 5.32 Å². The molecule has 0 saturated heterocycles. The van der Waals surface area contributed by atoms with E-state index in [0.29, 0.717) is 6.04 Å². The van der Waals surface area contributed by atoms with Crippen LogP contribution in [0, 0.1) is 0 Å². The molecule has 2 aromatic rings. The number of nitrogens with one attached hydrogen (secondary N) is 1. The number of rotatable bonds is 7. The van der Waals surface area contributed by atoms with E-state index in [1.54, 1.807) is 0 Å². The highest BCUT2D eigenvalue weighted by molar-refractivity contribution is 9.10. The average Bonchev–Trinajstić information content (AvgIpc) is 2.46. The van der Waals surface area contributed by atoms with Crippen LogP contribution < -0.4 is 5.32 Å². The maximum atomic E-state index is 4.44. The number of hydrogen-bond donors (Lipinski definition) is 1.